The maximum Gasteiger partial charge on any atom is 0.234 e. The highest BCUT2D eigenvalue weighted by Crippen LogP contribution is 2.10. The van der Waals surface area contributed by atoms with Crippen molar-refractivity contribution >= 4 is 15.7 Å². The Morgan fingerprint density at radius 1 is 1.17 bits per heavy atom. The van der Waals surface area contributed by atoms with Crippen molar-refractivity contribution in [3.8, 4) is 0 Å². The molecule has 0 amide bonds. The molecule has 0 saturated carbocycles. The molecule has 1 aromatic carbocycles. The minimum atomic E-state index is -3.47. The molecule has 7 heteroatoms. The Bertz CT molecular complexity index is 447. The zero-order valence-electron chi connectivity index (χ0n) is 10.1. The summed E-state index contributed by atoms with van der Waals surface area (Å²) >= 11 is 0. The molecule has 0 heterocycles. The number of halogens is 1. The number of hydrogen-bond donors (Lipinski definition) is 1. The minimum Gasteiger partial charge on any atom is -0.382 e. The SMILES string of the molecule is COCCOCCS(=O)(=O)Nc1ccc(F)cc1. The predicted octanol–water partition coefficient (Wildman–Crippen LogP) is 1.23. The molecule has 5 nitrogen and oxygen atoms in total. The highest BCUT2D eigenvalue weighted by Gasteiger charge is 2.10. The molecule has 0 spiro atoms. The predicted molar refractivity (Wildman–Crippen MR) is 66.5 cm³/mol. The van der Waals surface area contributed by atoms with Gasteiger partial charge in [0.25, 0.3) is 0 Å². The summed E-state index contributed by atoms with van der Waals surface area (Å²) < 4.78 is 48.0. The lowest BCUT2D eigenvalue weighted by molar-refractivity contribution is 0.0785. The van der Waals surface area contributed by atoms with Crippen LogP contribution >= 0.6 is 0 Å². The number of hydrogen-bond acceptors (Lipinski definition) is 4. The van der Waals surface area contributed by atoms with Crippen LogP contribution in [0, 0.1) is 5.82 Å². The van der Waals surface area contributed by atoms with Crippen molar-refractivity contribution in [1.29, 1.82) is 0 Å². The molecule has 0 aliphatic rings. The zero-order chi connectivity index (χ0) is 13.4. The lowest BCUT2D eigenvalue weighted by Gasteiger charge is -2.08. The first-order chi connectivity index (χ1) is 8.53. The topological polar surface area (TPSA) is 64.6 Å². The van der Waals surface area contributed by atoms with Crippen LogP contribution < -0.4 is 4.72 Å². The van der Waals surface area contributed by atoms with Crippen molar-refractivity contribution in [2.75, 3.05) is 37.4 Å². The molecule has 0 fully saturated rings. The van der Waals surface area contributed by atoms with Crippen LogP contribution in [0.25, 0.3) is 0 Å². The third-order valence-corrected chi connectivity index (χ3v) is 3.30. The van der Waals surface area contributed by atoms with Gasteiger partial charge in [0.15, 0.2) is 0 Å². The maximum absolute atomic E-state index is 12.6. The van der Waals surface area contributed by atoms with Crippen molar-refractivity contribution in [2.45, 2.75) is 0 Å². The maximum atomic E-state index is 12.6. The third kappa shape index (κ3) is 5.95. The fourth-order valence-electron chi connectivity index (χ4n) is 1.16. The van der Waals surface area contributed by atoms with Gasteiger partial charge in [0, 0.05) is 12.8 Å². The Labute approximate surface area is 106 Å². The van der Waals surface area contributed by atoms with E-state index in [0.29, 0.717) is 18.9 Å². The van der Waals surface area contributed by atoms with E-state index in [9.17, 15) is 12.8 Å². The van der Waals surface area contributed by atoms with Gasteiger partial charge in [-0.15, -0.1) is 0 Å². The third-order valence-electron chi connectivity index (χ3n) is 2.05. The fourth-order valence-corrected chi connectivity index (χ4v) is 2.10. The smallest absolute Gasteiger partial charge is 0.234 e. The molecular formula is C11H16FNO4S. The van der Waals surface area contributed by atoms with Gasteiger partial charge in [-0.25, -0.2) is 12.8 Å². The summed E-state index contributed by atoms with van der Waals surface area (Å²) in [5.74, 6) is -0.575. The second kappa shape index (κ2) is 7.30. The van der Waals surface area contributed by atoms with E-state index in [1.54, 1.807) is 0 Å². The molecule has 1 rings (SSSR count). The first-order valence-corrected chi connectivity index (χ1v) is 7.01. The van der Waals surface area contributed by atoms with Crippen molar-refractivity contribution in [1.82, 2.24) is 0 Å². The van der Waals surface area contributed by atoms with E-state index in [0.717, 1.165) is 0 Å². The molecule has 1 aromatic rings. The highest BCUT2D eigenvalue weighted by molar-refractivity contribution is 7.92. The molecule has 0 radical (unpaired) electrons. The van der Waals surface area contributed by atoms with Crippen LogP contribution in [0.15, 0.2) is 24.3 Å². The number of benzene rings is 1. The Hall–Kier alpha value is -1.18. The number of methoxy groups -OCH3 is 1. The van der Waals surface area contributed by atoms with Gasteiger partial charge >= 0.3 is 0 Å². The van der Waals surface area contributed by atoms with Gasteiger partial charge < -0.3 is 9.47 Å². The van der Waals surface area contributed by atoms with Gasteiger partial charge in [0.1, 0.15) is 5.82 Å². The summed E-state index contributed by atoms with van der Waals surface area (Å²) in [6, 6.07) is 5.09. The molecule has 0 bridgehead atoms. The van der Waals surface area contributed by atoms with Gasteiger partial charge in [-0.1, -0.05) is 0 Å². The lowest BCUT2D eigenvalue weighted by Crippen LogP contribution is -2.20. The van der Waals surface area contributed by atoms with Gasteiger partial charge in [-0.2, -0.15) is 0 Å². The second-order valence-electron chi connectivity index (χ2n) is 3.53. The normalized spacial score (nSPS) is 11.4. The van der Waals surface area contributed by atoms with E-state index in [1.165, 1.54) is 31.4 Å². The first kappa shape index (κ1) is 14.9. The molecule has 0 unspecified atom stereocenters. The van der Waals surface area contributed by atoms with Crippen LogP contribution in [0.5, 0.6) is 0 Å². The van der Waals surface area contributed by atoms with Crippen molar-refractivity contribution in [3.63, 3.8) is 0 Å². The summed E-state index contributed by atoms with van der Waals surface area (Å²) in [4.78, 5) is 0. The van der Waals surface area contributed by atoms with Crippen molar-refractivity contribution < 1.29 is 22.3 Å². The molecule has 0 saturated heterocycles. The Morgan fingerprint density at radius 3 is 2.44 bits per heavy atom. The Morgan fingerprint density at radius 2 is 1.83 bits per heavy atom. The quantitative estimate of drug-likeness (QED) is 0.726. The molecule has 102 valence electrons. The number of ether oxygens (including phenoxy) is 2. The number of nitrogens with one attached hydrogen (secondary N) is 1. The average Bonchev–Trinajstić information content (AvgIpc) is 2.31. The van der Waals surface area contributed by atoms with E-state index in [1.807, 2.05) is 0 Å². The highest BCUT2D eigenvalue weighted by atomic mass is 32.2. The second-order valence-corrected chi connectivity index (χ2v) is 5.37. The summed E-state index contributed by atoms with van der Waals surface area (Å²) in [5, 5.41) is 0. The van der Waals surface area contributed by atoms with Crippen LogP contribution in [0.4, 0.5) is 10.1 Å². The monoisotopic (exact) mass is 277 g/mol. The van der Waals surface area contributed by atoms with Crippen molar-refractivity contribution in [2.24, 2.45) is 0 Å². The van der Waals surface area contributed by atoms with E-state index in [2.05, 4.69) is 4.72 Å². The molecule has 0 atom stereocenters. The minimum absolute atomic E-state index is 0.0832. The van der Waals surface area contributed by atoms with Crippen LogP contribution in [0.3, 0.4) is 0 Å². The summed E-state index contributed by atoms with van der Waals surface area (Å²) in [7, 11) is -1.94. The van der Waals surface area contributed by atoms with Gasteiger partial charge in [-0.05, 0) is 24.3 Å². The van der Waals surface area contributed by atoms with Crippen LogP contribution in [0.2, 0.25) is 0 Å². The molecule has 0 aromatic heterocycles. The molecule has 0 aliphatic carbocycles. The van der Waals surface area contributed by atoms with Crippen LogP contribution in [-0.2, 0) is 19.5 Å². The first-order valence-electron chi connectivity index (χ1n) is 5.36. The number of sulfonamides is 1. The van der Waals surface area contributed by atoms with E-state index >= 15 is 0 Å². The van der Waals surface area contributed by atoms with Crippen molar-refractivity contribution in [3.05, 3.63) is 30.1 Å². The number of anilines is 1. The Kier molecular flexibility index (Phi) is 6.03. The van der Waals surface area contributed by atoms with Gasteiger partial charge in [-0.3, -0.25) is 4.72 Å². The Balaban J connectivity index is 2.37. The van der Waals surface area contributed by atoms with Crippen LogP contribution in [-0.4, -0.2) is 41.1 Å². The van der Waals surface area contributed by atoms with Crippen LogP contribution in [0.1, 0.15) is 0 Å². The average molecular weight is 277 g/mol. The van der Waals surface area contributed by atoms with Gasteiger partial charge in [0.2, 0.25) is 10.0 Å². The van der Waals surface area contributed by atoms with E-state index in [4.69, 9.17) is 9.47 Å². The lowest BCUT2D eigenvalue weighted by atomic mass is 10.3. The molecule has 1 N–H and O–H groups in total. The summed E-state index contributed by atoms with van der Waals surface area (Å²) in [6.45, 7) is 0.855. The molecular weight excluding hydrogens is 261 g/mol. The molecule has 18 heavy (non-hydrogen) atoms. The fraction of sp³-hybridized carbons (Fsp3) is 0.455. The number of rotatable bonds is 8. The zero-order valence-corrected chi connectivity index (χ0v) is 10.9. The van der Waals surface area contributed by atoms with E-state index < -0.39 is 15.8 Å². The van der Waals surface area contributed by atoms with Gasteiger partial charge in [0.05, 0.1) is 25.6 Å². The summed E-state index contributed by atoms with van der Waals surface area (Å²) in [5.41, 5.74) is 0.327. The largest absolute Gasteiger partial charge is 0.382 e. The van der Waals surface area contributed by atoms with E-state index in [-0.39, 0.29) is 12.4 Å². The standard InChI is InChI=1S/C11H16FNO4S/c1-16-6-7-17-8-9-18(14,15)13-11-4-2-10(12)3-5-11/h2-5,13H,6-9H2,1H3. The summed E-state index contributed by atoms with van der Waals surface area (Å²) in [6.07, 6.45) is 0. The molecule has 0 aliphatic heterocycles.